The Morgan fingerprint density at radius 2 is 2.06 bits per heavy atom. The summed E-state index contributed by atoms with van der Waals surface area (Å²) < 4.78 is 12.7. The number of guanidine groups is 1. The lowest BCUT2D eigenvalue weighted by Crippen LogP contribution is -2.33. The molecule has 2 N–H and O–H groups in total. The van der Waals surface area contributed by atoms with Crippen LogP contribution in [0.4, 0.5) is 4.39 Å². The van der Waals surface area contributed by atoms with E-state index >= 15 is 0 Å². The fourth-order valence-corrected chi connectivity index (χ4v) is 1.43. The van der Waals surface area contributed by atoms with E-state index in [-0.39, 0.29) is 5.82 Å². The van der Waals surface area contributed by atoms with Crippen LogP contribution >= 0.6 is 0 Å². The lowest BCUT2D eigenvalue weighted by molar-refractivity contribution is 0.491. The molecule has 3 nitrogen and oxygen atoms in total. The molecule has 1 fully saturated rings. The molecular weight excluding hydrogens is 205 g/mol. The van der Waals surface area contributed by atoms with Crippen molar-refractivity contribution in [2.24, 2.45) is 10.7 Å². The Balaban J connectivity index is 1.95. The minimum absolute atomic E-state index is 0.217. The molecule has 0 atom stereocenters. The molecule has 0 unspecified atom stereocenters. The van der Waals surface area contributed by atoms with Gasteiger partial charge in [-0.15, -0.1) is 0 Å². The van der Waals surface area contributed by atoms with E-state index in [2.05, 4.69) is 4.99 Å². The van der Waals surface area contributed by atoms with Gasteiger partial charge >= 0.3 is 0 Å². The highest BCUT2D eigenvalue weighted by molar-refractivity contribution is 5.78. The molecule has 0 saturated heterocycles. The summed E-state index contributed by atoms with van der Waals surface area (Å²) in [4.78, 5) is 6.23. The molecule has 1 saturated carbocycles. The second-order valence-electron chi connectivity index (χ2n) is 4.20. The first-order valence-corrected chi connectivity index (χ1v) is 5.44. The predicted octanol–water partition coefficient (Wildman–Crippen LogP) is 1.73. The number of hydrogen-bond donors (Lipinski definition) is 1. The summed E-state index contributed by atoms with van der Waals surface area (Å²) in [7, 11) is 1.89. The van der Waals surface area contributed by atoms with Gasteiger partial charge in [0.2, 0.25) is 0 Å². The summed E-state index contributed by atoms with van der Waals surface area (Å²) in [6.45, 7) is 0.655. The predicted molar refractivity (Wildman–Crippen MR) is 62.5 cm³/mol. The molecule has 0 aromatic heterocycles. The van der Waals surface area contributed by atoms with Crippen molar-refractivity contribution in [3.05, 3.63) is 35.6 Å². The number of nitrogens with two attached hydrogens (primary N) is 1. The van der Waals surface area contributed by atoms with Crippen molar-refractivity contribution in [2.75, 3.05) is 7.05 Å². The van der Waals surface area contributed by atoms with E-state index in [0.29, 0.717) is 18.5 Å². The van der Waals surface area contributed by atoms with Crippen molar-refractivity contribution in [3.63, 3.8) is 0 Å². The highest BCUT2D eigenvalue weighted by atomic mass is 19.1. The van der Waals surface area contributed by atoms with E-state index in [0.717, 1.165) is 18.4 Å². The summed E-state index contributed by atoms with van der Waals surface area (Å²) in [5, 5.41) is 0. The maximum atomic E-state index is 12.7. The Kier molecular flexibility index (Phi) is 3.08. The summed E-state index contributed by atoms with van der Waals surface area (Å²) in [5.74, 6) is 0.345. The van der Waals surface area contributed by atoms with Crippen LogP contribution in [0.2, 0.25) is 0 Å². The highest BCUT2D eigenvalue weighted by Gasteiger charge is 2.21. The smallest absolute Gasteiger partial charge is 0.191 e. The van der Waals surface area contributed by atoms with Crippen LogP contribution in [0.5, 0.6) is 0 Å². The van der Waals surface area contributed by atoms with Crippen molar-refractivity contribution < 1.29 is 4.39 Å². The Morgan fingerprint density at radius 1 is 1.44 bits per heavy atom. The van der Waals surface area contributed by atoms with E-state index in [1.54, 1.807) is 12.1 Å². The van der Waals surface area contributed by atoms with Crippen LogP contribution in [0.15, 0.2) is 29.3 Å². The molecule has 1 aromatic rings. The zero-order chi connectivity index (χ0) is 11.5. The third-order valence-corrected chi connectivity index (χ3v) is 2.59. The fraction of sp³-hybridized carbons (Fsp3) is 0.417. The van der Waals surface area contributed by atoms with E-state index in [9.17, 15) is 4.39 Å². The van der Waals surface area contributed by atoms with Crippen molar-refractivity contribution >= 4 is 5.96 Å². The van der Waals surface area contributed by atoms with Crippen LogP contribution in [-0.2, 0) is 6.54 Å². The minimum Gasteiger partial charge on any atom is -0.370 e. The molecule has 16 heavy (non-hydrogen) atoms. The minimum atomic E-state index is -0.217. The van der Waals surface area contributed by atoms with Gasteiger partial charge in [-0.1, -0.05) is 12.1 Å². The summed E-state index contributed by atoms with van der Waals surface area (Å²) in [6, 6.07) is 6.86. The van der Waals surface area contributed by atoms with Crippen LogP contribution in [0.1, 0.15) is 18.4 Å². The second kappa shape index (κ2) is 4.51. The summed E-state index contributed by atoms with van der Waals surface area (Å²) >= 11 is 0. The molecule has 2 rings (SSSR count). The molecule has 1 aliphatic rings. The monoisotopic (exact) mass is 221 g/mol. The average Bonchev–Trinajstić information content (AvgIpc) is 3.05. The molecule has 4 heteroatoms. The third-order valence-electron chi connectivity index (χ3n) is 2.59. The normalized spacial score (nSPS) is 16.2. The van der Waals surface area contributed by atoms with Gasteiger partial charge in [0, 0.05) is 13.6 Å². The number of nitrogens with zero attached hydrogens (tertiary/aromatic N) is 2. The largest absolute Gasteiger partial charge is 0.370 e. The van der Waals surface area contributed by atoms with Crippen molar-refractivity contribution in [1.29, 1.82) is 0 Å². The topological polar surface area (TPSA) is 41.6 Å². The van der Waals surface area contributed by atoms with E-state index in [4.69, 9.17) is 5.73 Å². The Morgan fingerprint density at radius 3 is 2.62 bits per heavy atom. The Labute approximate surface area is 94.8 Å². The third kappa shape index (κ3) is 2.95. The molecule has 0 radical (unpaired) electrons. The maximum absolute atomic E-state index is 12.7. The number of halogens is 1. The van der Waals surface area contributed by atoms with E-state index in [1.165, 1.54) is 12.1 Å². The summed E-state index contributed by atoms with van der Waals surface area (Å²) in [6.07, 6.45) is 2.29. The Hall–Kier alpha value is -1.58. The van der Waals surface area contributed by atoms with Crippen molar-refractivity contribution in [1.82, 2.24) is 4.90 Å². The van der Waals surface area contributed by atoms with Crippen LogP contribution in [0, 0.1) is 5.82 Å². The first kappa shape index (κ1) is 10.9. The van der Waals surface area contributed by atoms with Gasteiger partial charge in [-0.25, -0.2) is 9.38 Å². The molecule has 0 spiro atoms. The highest BCUT2D eigenvalue weighted by Crippen LogP contribution is 2.23. The molecule has 0 bridgehead atoms. The first-order valence-electron chi connectivity index (χ1n) is 5.44. The zero-order valence-corrected chi connectivity index (χ0v) is 9.36. The fourth-order valence-electron chi connectivity index (χ4n) is 1.43. The van der Waals surface area contributed by atoms with E-state index < -0.39 is 0 Å². The average molecular weight is 221 g/mol. The quantitative estimate of drug-likeness (QED) is 0.624. The SMILES string of the molecule is CN(Cc1ccc(F)cc1)C(N)=NC1CC1. The number of benzene rings is 1. The van der Waals surface area contributed by atoms with Crippen LogP contribution in [0.3, 0.4) is 0 Å². The van der Waals surface area contributed by atoms with Crippen LogP contribution < -0.4 is 5.73 Å². The van der Waals surface area contributed by atoms with Gasteiger partial charge in [0.1, 0.15) is 5.82 Å². The Bertz CT molecular complexity index is 382. The van der Waals surface area contributed by atoms with Gasteiger partial charge in [-0.2, -0.15) is 0 Å². The molecular formula is C12H16FN3. The molecule has 0 aliphatic heterocycles. The molecule has 1 aliphatic carbocycles. The zero-order valence-electron chi connectivity index (χ0n) is 9.36. The summed E-state index contributed by atoms with van der Waals surface area (Å²) in [5.41, 5.74) is 6.86. The second-order valence-corrected chi connectivity index (χ2v) is 4.20. The van der Waals surface area contributed by atoms with Gasteiger partial charge in [0.25, 0.3) is 0 Å². The standard InChI is InChI=1S/C12H16FN3/c1-16(12(14)15-11-6-7-11)8-9-2-4-10(13)5-3-9/h2-5,11H,6-8H2,1H3,(H2,14,15). The van der Waals surface area contributed by atoms with Crippen molar-refractivity contribution in [3.8, 4) is 0 Å². The van der Waals surface area contributed by atoms with Crippen molar-refractivity contribution in [2.45, 2.75) is 25.4 Å². The van der Waals surface area contributed by atoms with Gasteiger partial charge < -0.3 is 10.6 Å². The van der Waals surface area contributed by atoms with Gasteiger partial charge in [0.15, 0.2) is 5.96 Å². The molecule has 1 aromatic carbocycles. The number of aliphatic imine (C=N–C) groups is 1. The molecule has 0 amide bonds. The van der Waals surface area contributed by atoms with E-state index in [1.807, 2.05) is 11.9 Å². The van der Waals surface area contributed by atoms with Crippen LogP contribution in [-0.4, -0.2) is 23.9 Å². The van der Waals surface area contributed by atoms with Crippen LogP contribution in [0.25, 0.3) is 0 Å². The number of rotatable bonds is 3. The molecule has 0 heterocycles. The maximum Gasteiger partial charge on any atom is 0.191 e. The lowest BCUT2D eigenvalue weighted by atomic mass is 10.2. The van der Waals surface area contributed by atoms with Gasteiger partial charge in [0.05, 0.1) is 6.04 Å². The number of hydrogen-bond acceptors (Lipinski definition) is 1. The van der Waals surface area contributed by atoms with Gasteiger partial charge in [-0.3, -0.25) is 0 Å². The first-order chi connectivity index (χ1) is 7.65. The molecule has 86 valence electrons. The van der Waals surface area contributed by atoms with Gasteiger partial charge in [-0.05, 0) is 30.5 Å². The lowest BCUT2D eigenvalue weighted by Gasteiger charge is -2.18.